The fourth-order valence-electron chi connectivity index (χ4n) is 2.22. The van der Waals surface area contributed by atoms with Crippen LogP contribution >= 0.6 is 0 Å². The molecule has 2 rings (SSSR count). The first-order chi connectivity index (χ1) is 7.29. The van der Waals surface area contributed by atoms with Crippen molar-refractivity contribution in [2.24, 2.45) is 5.73 Å². The van der Waals surface area contributed by atoms with Crippen LogP contribution in [-0.4, -0.2) is 49.3 Å². The third kappa shape index (κ3) is 2.60. The molecule has 2 fully saturated rings. The number of nitrogens with one attached hydrogen (secondary N) is 1. The minimum Gasteiger partial charge on any atom is -0.376 e. The predicted molar refractivity (Wildman–Crippen MR) is 56.5 cm³/mol. The van der Waals surface area contributed by atoms with E-state index in [0.717, 1.165) is 39.0 Å². The summed E-state index contributed by atoms with van der Waals surface area (Å²) >= 11 is 0. The maximum absolute atomic E-state index is 11.6. The monoisotopic (exact) mass is 213 g/mol. The van der Waals surface area contributed by atoms with E-state index >= 15 is 0 Å². The second kappa shape index (κ2) is 4.81. The molecule has 2 unspecified atom stereocenters. The van der Waals surface area contributed by atoms with Crippen LogP contribution in [0.25, 0.3) is 0 Å². The maximum atomic E-state index is 11.6. The first-order valence-corrected chi connectivity index (χ1v) is 5.66. The van der Waals surface area contributed by atoms with Gasteiger partial charge < -0.3 is 20.7 Å². The molecule has 5 nitrogen and oxygen atoms in total. The summed E-state index contributed by atoms with van der Waals surface area (Å²) in [5.41, 5.74) is 5.47. The van der Waals surface area contributed by atoms with Gasteiger partial charge in [0.1, 0.15) is 0 Å². The number of carbonyl (C=O) groups excluding carboxylic acids is 1. The lowest BCUT2D eigenvalue weighted by Gasteiger charge is -2.18. The minimum atomic E-state index is 0.0314. The summed E-state index contributed by atoms with van der Waals surface area (Å²) in [6.45, 7) is 2.97. The van der Waals surface area contributed by atoms with Crippen molar-refractivity contribution in [3.8, 4) is 0 Å². The van der Waals surface area contributed by atoms with Gasteiger partial charge in [-0.2, -0.15) is 0 Å². The van der Waals surface area contributed by atoms with Crippen molar-refractivity contribution >= 4 is 6.03 Å². The molecular weight excluding hydrogens is 194 g/mol. The van der Waals surface area contributed by atoms with E-state index in [4.69, 9.17) is 10.5 Å². The standard InChI is InChI=1S/C10H19N3O2/c11-4-3-8-6-13(10(14)12-8)7-9-2-1-5-15-9/h8-9H,1-7,11H2,(H,12,14). The number of rotatable bonds is 4. The summed E-state index contributed by atoms with van der Waals surface area (Å²) < 4.78 is 5.51. The number of urea groups is 1. The molecule has 0 spiro atoms. The molecule has 3 N–H and O–H groups in total. The van der Waals surface area contributed by atoms with Crippen LogP contribution < -0.4 is 11.1 Å². The Balaban J connectivity index is 1.79. The molecule has 2 aliphatic heterocycles. The number of hydrogen-bond acceptors (Lipinski definition) is 3. The zero-order chi connectivity index (χ0) is 10.7. The molecule has 0 radical (unpaired) electrons. The SMILES string of the molecule is NCCC1CN(CC2CCCO2)C(=O)N1. The van der Waals surface area contributed by atoms with E-state index in [9.17, 15) is 4.79 Å². The number of amides is 2. The van der Waals surface area contributed by atoms with Gasteiger partial charge >= 0.3 is 6.03 Å². The molecule has 0 saturated carbocycles. The Labute approximate surface area is 89.9 Å². The second-order valence-electron chi connectivity index (χ2n) is 4.26. The molecule has 0 aromatic carbocycles. The summed E-state index contributed by atoms with van der Waals surface area (Å²) in [4.78, 5) is 13.4. The van der Waals surface area contributed by atoms with Crippen LogP contribution in [0.1, 0.15) is 19.3 Å². The molecule has 2 aliphatic rings. The van der Waals surface area contributed by atoms with E-state index in [-0.39, 0.29) is 18.2 Å². The fourth-order valence-corrected chi connectivity index (χ4v) is 2.22. The van der Waals surface area contributed by atoms with E-state index in [2.05, 4.69) is 5.32 Å². The highest BCUT2D eigenvalue weighted by Gasteiger charge is 2.30. The first kappa shape index (κ1) is 10.7. The van der Waals surface area contributed by atoms with Crippen molar-refractivity contribution in [3.63, 3.8) is 0 Å². The summed E-state index contributed by atoms with van der Waals surface area (Å²) in [6.07, 6.45) is 3.29. The van der Waals surface area contributed by atoms with E-state index in [1.165, 1.54) is 0 Å². The largest absolute Gasteiger partial charge is 0.376 e. The van der Waals surface area contributed by atoms with Gasteiger partial charge in [-0.25, -0.2) is 4.79 Å². The molecular formula is C10H19N3O2. The fraction of sp³-hybridized carbons (Fsp3) is 0.900. The Kier molecular flexibility index (Phi) is 3.43. The Morgan fingerprint density at radius 1 is 1.60 bits per heavy atom. The zero-order valence-electron chi connectivity index (χ0n) is 8.95. The number of hydrogen-bond donors (Lipinski definition) is 2. The summed E-state index contributed by atoms with van der Waals surface area (Å²) in [7, 11) is 0. The van der Waals surface area contributed by atoms with Crippen LogP contribution in [0.15, 0.2) is 0 Å². The predicted octanol–water partition coefficient (Wildman–Crippen LogP) is -0.0920. The molecule has 2 amide bonds. The van der Waals surface area contributed by atoms with Gasteiger partial charge in [0.15, 0.2) is 0 Å². The van der Waals surface area contributed by atoms with E-state index < -0.39 is 0 Å². The summed E-state index contributed by atoms with van der Waals surface area (Å²) in [5, 5.41) is 2.93. The van der Waals surface area contributed by atoms with Gasteiger partial charge in [0.2, 0.25) is 0 Å². The lowest BCUT2D eigenvalue weighted by Crippen LogP contribution is -2.34. The molecule has 86 valence electrons. The molecule has 0 aromatic rings. The van der Waals surface area contributed by atoms with Crippen molar-refractivity contribution in [3.05, 3.63) is 0 Å². The highest BCUT2D eigenvalue weighted by molar-refractivity contribution is 5.76. The van der Waals surface area contributed by atoms with E-state index in [1.807, 2.05) is 4.90 Å². The Morgan fingerprint density at radius 3 is 3.13 bits per heavy atom. The molecule has 15 heavy (non-hydrogen) atoms. The van der Waals surface area contributed by atoms with Crippen LogP contribution in [0.5, 0.6) is 0 Å². The minimum absolute atomic E-state index is 0.0314. The maximum Gasteiger partial charge on any atom is 0.317 e. The topological polar surface area (TPSA) is 67.6 Å². The molecule has 2 saturated heterocycles. The molecule has 0 bridgehead atoms. The average molecular weight is 213 g/mol. The van der Waals surface area contributed by atoms with Gasteiger partial charge in [0.25, 0.3) is 0 Å². The molecule has 0 aliphatic carbocycles. The number of ether oxygens (including phenoxy) is 1. The lowest BCUT2D eigenvalue weighted by atomic mass is 10.2. The van der Waals surface area contributed by atoms with Crippen molar-refractivity contribution in [1.82, 2.24) is 10.2 Å². The van der Waals surface area contributed by atoms with Crippen LogP contribution in [0, 0.1) is 0 Å². The van der Waals surface area contributed by atoms with Gasteiger partial charge in [-0.15, -0.1) is 0 Å². The van der Waals surface area contributed by atoms with Crippen LogP contribution in [0.3, 0.4) is 0 Å². The van der Waals surface area contributed by atoms with Crippen molar-refractivity contribution < 1.29 is 9.53 Å². The van der Waals surface area contributed by atoms with E-state index in [1.54, 1.807) is 0 Å². The third-order valence-electron chi connectivity index (χ3n) is 3.02. The normalized spacial score (nSPS) is 31.0. The van der Waals surface area contributed by atoms with Crippen LogP contribution in [0.4, 0.5) is 4.79 Å². The molecule has 0 aromatic heterocycles. The number of carbonyl (C=O) groups is 1. The van der Waals surface area contributed by atoms with Crippen LogP contribution in [0.2, 0.25) is 0 Å². The summed E-state index contributed by atoms with van der Waals surface area (Å²) in [6, 6.07) is 0.257. The van der Waals surface area contributed by atoms with Gasteiger partial charge in [0, 0.05) is 25.7 Å². The first-order valence-electron chi connectivity index (χ1n) is 5.66. The third-order valence-corrected chi connectivity index (χ3v) is 3.02. The second-order valence-corrected chi connectivity index (χ2v) is 4.26. The highest BCUT2D eigenvalue weighted by atomic mass is 16.5. The van der Waals surface area contributed by atoms with E-state index in [0.29, 0.717) is 6.54 Å². The van der Waals surface area contributed by atoms with Gasteiger partial charge in [-0.05, 0) is 25.8 Å². The Morgan fingerprint density at radius 2 is 2.47 bits per heavy atom. The number of nitrogens with two attached hydrogens (primary N) is 1. The van der Waals surface area contributed by atoms with Gasteiger partial charge in [0.05, 0.1) is 6.10 Å². The van der Waals surface area contributed by atoms with Crippen molar-refractivity contribution in [1.29, 1.82) is 0 Å². The van der Waals surface area contributed by atoms with Crippen molar-refractivity contribution in [2.45, 2.75) is 31.4 Å². The lowest BCUT2D eigenvalue weighted by molar-refractivity contribution is 0.0864. The molecule has 2 atom stereocenters. The Bertz CT molecular complexity index is 229. The zero-order valence-corrected chi connectivity index (χ0v) is 8.95. The Hall–Kier alpha value is -0.810. The highest BCUT2D eigenvalue weighted by Crippen LogP contribution is 2.15. The molecule has 5 heteroatoms. The van der Waals surface area contributed by atoms with Gasteiger partial charge in [-0.1, -0.05) is 0 Å². The quantitative estimate of drug-likeness (QED) is 0.685. The average Bonchev–Trinajstić information content (AvgIpc) is 2.79. The number of nitrogens with zero attached hydrogens (tertiary/aromatic N) is 1. The summed E-state index contributed by atoms with van der Waals surface area (Å²) in [5.74, 6) is 0. The smallest absolute Gasteiger partial charge is 0.317 e. The molecule has 2 heterocycles. The van der Waals surface area contributed by atoms with Crippen LogP contribution in [-0.2, 0) is 4.74 Å². The van der Waals surface area contributed by atoms with Crippen molar-refractivity contribution in [2.75, 3.05) is 26.2 Å². The van der Waals surface area contributed by atoms with Gasteiger partial charge in [-0.3, -0.25) is 0 Å².